The fourth-order valence-electron chi connectivity index (χ4n) is 5.80. The average molecular weight is 555 g/mol. The van der Waals surface area contributed by atoms with Crippen LogP contribution in [0.2, 0.25) is 5.02 Å². The van der Waals surface area contributed by atoms with Crippen LogP contribution >= 0.6 is 11.6 Å². The number of halogens is 1. The van der Waals surface area contributed by atoms with Crippen LogP contribution in [0.25, 0.3) is 0 Å². The van der Waals surface area contributed by atoms with Gasteiger partial charge in [-0.3, -0.25) is 5.32 Å². The number of nitrogens with zero attached hydrogens (tertiary/aromatic N) is 1. The Balaban J connectivity index is 1.18. The third-order valence-corrected chi connectivity index (χ3v) is 8.20. The molecule has 0 bridgehead atoms. The standard InChI is InChI=1S/C35H39ClN2O2/c1-39-33-19-18-32(36)26-34(33)40-27-28-20-24-38(25-21-28)23-11-22-37-35(29-12-5-2-6-13-29,30-14-7-3-8-15-30)31-16-9-4-10-17-31/h2-10,12-19,26,28,37H,11,20-25,27H2,1H3. The lowest BCUT2D eigenvalue weighted by molar-refractivity contribution is 0.138. The maximum absolute atomic E-state index is 6.16. The second-order valence-corrected chi connectivity index (χ2v) is 11.0. The van der Waals surface area contributed by atoms with E-state index in [0.717, 1.165) is 56.9 Å². The molecule has 1 fully saturated rings. The minimum absolute atomic E-state index is 0.407. The summed E-state index contributed by atoms with van der Waals surface area (Å²) in [5, 5.41) is 4.68. The molecule has 5 rings (SSSR count). The van der Waals surface area contributed by atoms with Crippen molar-refractivity contribution in [1.82, 2.24) is 10.2 Å². The Morgan fingerprint density at radius 3 is 1.85 bits per heavy atom. The Morgan fingerprint density at radius 2 is 1.32 bits per heavy atom. The van der Waals surface area contributed by atoms with E-state index in [4.69, 9.17) is 21.1 Å². The predicted molar refractivity (Wildman–Crippen MR) is 164 cm³/mol. The summed E-state index contributed by atoms with van der Waals surface area (Å²) in [7, 11) is 1.66. The maximum Gasteiger partial charge on any atom is 0.162 e. The summed E-state index contributed by atoms with van der Waals surface area (Å²) in [4.78, 5) is 2.59. The second kappa shape index (κ2) is 13.8. The van der Waals surface area contributed by atoms with Crippen molar-refractivity contribution in [1.29, 1.82) is 0 Å². The molecule has 5 heteroatoms. The van der Waals surface area contributed by atoms with Crippen LogP contribution in [0.4, 0.5) is 0 Å². The highest BCUT2D eigenvalue weighted by atomic mass is 35.5. The molecule has 40 heavy (non-hydrogen) atoms. The minimum atomic E-state index is -0.407. The van der Waals surface area contributed by atoms with Crippen LogP contribution in [-0.2, 0) is 5.54 Å². The van der Waals surface area contributed by atoms with Crippen molar-refractivity contribution in [3.63, 3.8) is 0 Å². The van der Waals surface area contributed by atoms with Crippen LogP contribution in [0.1, 0.15) is 36.0 Å². The van der Waals surface area contributed by atoms with Crippen LogP contribution in [0.15, 0.2) is 109 Å². The Bertz CT molecular complexity index is 1210. The molecule has 0 aliphatic carbocycles. The van der Waals surface area contributed by atoms with E-state index < -0.39 is 5.54 Å². The van der Waals surface area contributed by atoms with Gasteiger partial charge in [-0.15, -0.1) is 0 Å². The molecule has 0 radical (unpaired) electrons. The monoisotopic (exact) mass is 554 g/mol. The lowest BCUT2D eigenvalue weighted by Gasteiger charge is -2.38. The van der Waals surface area contributed by atoms with Crippen molar-refractivity contribution in [3.8, 4) is 11.5 Å². The molecule has 4 aromatic carbocycles. The number of likely N-dealkylation sites (tertiary alicyclic amines) is 1. The van der Waals surface area contributed by atoms with E-state index in [1.165, 1.54) is 16.7 Å². The number of methoxy groups -OCH3 is 1. The topological polar surface area (TPSA) is 33.7 Å². The molecule has 1 aliphatic rings. The Morgan fingerprint density at radius 1 is 0.775 bits per heavy atom. The zero-order chi connectivity index (χ0) is 27.6. The largest absolute Gasteiger partial charge is 0.493 e. The van der Waals surface area contributed by atoms with Crippen LogP contribution < -0.4 is 14.8 Å². The summed E-state index contributed by atoms with van der Waals surface area (Å²) in [5.41, 5.74) is 3.36. The predicted octanol–water partition coefficient (Wildman–Crippen LogP) is 7.41. The molecule has 0 amide bonds. The first-order chi connectivity index (χ1) is 19.7. The lowest BCUT2D eigenvalue weighted by atomic mass is 9.77. The third-order valence-electron chi connectivity index (χ3n) is 7.97. The Hall–Kier alpha value is -3.31. The number of hydrogen-bond acceptors (Lipinski definition) is 4. The number of nitrogens with one attached hydrogen (secondary N) is 1. The summed E-state index contributed by atoms with van der Waals surface area (Å²) in [6.45, 7) is 4.89. The van der Waals surface area contributed by atoms with Gasteiger partial charge in [-0.05, 0) is 80.2 Å². The highest BCUT2D eigenvalue weighted by Gasteiger charge is 2.35. The van der Waals surface area contributed by atoms with Gasteiger partial charge in [0, 0.05) is 11.1 Å². The fourth-order valence-corrected chi connectivity index (χ4v) is 5.96. The van der Waals surface area contributed by atoms with Gasteiger partial charge in [-0.1, -0.05) is 103 Å². The number of rotatable bonds is 12. The highest BCUT2D eigenvalue weighted by Crippen LogP contribution is 2.37. The lowest BCUT2D eigenvalue weighted by Crippen LogP contribution is -2.46. The van der Waals surface area contributed by atoms with E-state index in [1.807, 2.05) is 18.2 Å². The van der Waals surface area contributed by atoms with E-state index in [1.54, 1.807) is 7.11 Å². The van der Waals surface area contributed by atoms with Crippen molar-refractivity contribution in [2.45, 2.75) is 24.8 Å². The summed E-state index contributed by atoms with van der Waals surface area (Å²) in [6, 6.07) is 38.0. The molecule has 1 saturated heterocycles. The van der Waals surface area contributed by atoms with Gasteiger partial charge in [0.25, 0.3) is 0 Å². The summed E-state index contributed by atoms with van der Waals surface area (Å²) in [6.07, 6.45) is 3.35. The first kappa shape index (κ1) is 28.2. The van der Waals surface area contributed by atoms with E-state index in [-0.39, 0.29) is 0 Å². The van der Waals surface area contributed by atoms with Gasteiger partial charge < -0.3 is 14.4 Å². The summed E-state index contributed by atoms with van der Waals surface area (Å²) < 4.78 is 11.5. The van der Waals surface area contributed by atoms with Crippen molar-refractivity contribution >= 4 is 11.6 Å². The molecule has 0 spiro atoms. The molecule has 0 aromatic heterocycles. The van der Waals surface area contributed by atoms with Crippen molar-refractivity contribution < 1.29 is 9.47 Å². The molecule has 1 heterocycles. The molecule has 0 saturated carbocycles. The van der Waals surface area contributed by atoms with Crippen LogP contribution in [0.3, 0.4) is 0 Å². The van der Waals surface area contributed by atoms with Crippen molar-refractivity contribution in [2.75, 3.05) is 39.9 Å². The molecular formula is C35H39ClN2O2. The molecule has 4 aromatic rings. The summed E-state index contributed by atoms with van der Waals surface area (Å²) in [5.74, 6) is 1.99. The van der Waals surface area contributed by atoms with E-state index >= 15 is 0 Å². The molecule has 208 valence electrons. The quantitative estimate of drug-likeness (QED) is 0.146. The van der Waals surface area contributed by atoms with Gasteiger partial charge in [0.2, 0.25) is 0 Å². The normalized spacial score (nSPS) is 14.7. The Kier molecular flexibility index (Phi) is 9.77. The van der Waals surface area contributed by atoms with E-state index in [9.17, 15) is 0 Å². The number of hydrogen-bond donors (Lipinski definition) is 1. The number of ether oxygens (including phenoxy) is 2. The van der Waals surface area contributed by atoms with Crippen LogP contribution in [-0.4, -0.2) is 44.8 Å². The van der Waals surface area contributed by atoms with Crippen LogP contribution in [0, 0.1) is 5.92 Å². The van der Waals surface area contributed by atoms with E-state index in [0.29, 0.717) is 17.5 Å². The molecule has 1 aliphatic heterocycles. The first-order valence-corrected chi connectivity index (χ1v) is 14.7. The molecular weight excluding hydrogens is 516 g/mol. The van der Waals surface area contributed by atoms with Gasteiger partial charge >= 0.3 is 0 Å². The van der Waals surface area contributed by atoms with Gasteiger partial charge in [-0.25, -0.2) is 0 Å². The average Bonchev–Trinajstić information content (AvgIpc) is 3.02. The second-order valence-electron chi connectivity index (χ2n) is 10.5. The SMILES string of the molecule is COc1ccc(Cl)cc1OCC1CCN(CCCNC(c2ccccc2)(c2ccccc2)c2ccccc2)CC1. The van der Waals surface area contributed by atoms with Crippen LogP contribution in [0.5, 0.6) is 11.5 Å². The molecule has 0 unspecified atom stereocenters. The minimum Gasteiger partial charge on any atom is -0.493 e. The van der Waals surface area contributed by atoms with Crippen molar-refractivity contribution in [3.05, 3.63) is 131 Å². The number of benzene rings is 4. The molecule has 0 atom stereocenters. The summed E-state index contributed by atoms with van der Waals surface area (Å²) >= 11 is 6.16. The maximum atomic E-state index is 6.16. The number of piperidine rings is 1. The zero-order valence-corrected chi connectivity index (χ0v) is 24.0. The van der Waals surface area contributed by atoms with E-state index in [2.05, 4.69) is 101 Å². The third kappa shape index (κ3) is 6.69. The van der Waals surface area contributed by atoms with Gasteiger partial charge in [-0.2, -0.15) is 0 Å². The van der Waals surface area contributed by atoms with Gasteiger partial charge in [0.1, 0.15) is 0 Å². The van der Waals surface area contributed by atoms with Crippen molar-refractivity contribution in [2.24, 2.45) is 5.92 Å². The highest BCUT2D eigenvalue weighted by molar-refractivity contribution is 6.30. The first-order valence-electron chi connectivity index (χ1n) is 14.3. The fraction of sp³-hybridized carbons (Fsp3) is 0.314. The van der Waals surface area contributed by atoms with Gasteiger partial charge in [0.15, 0.2) is 11.5 Å². The Labute approximate surface area is 243 Å². The zero-order valence-electron chi connectivity index (χ0n) is 23.3. The van der Waals surface area contributed by atoms with Gasteiger partial charge in [0.05, 0.1) is 19.3 Å². The smallest absolute Gasteiger partial charge is 0.162 e. The molecule has 4 nitrogen and oxygen atoms in total. The molecule has 1 N–H and O–H groups in total.